The van der Waals surface area contributed by atoms with Gasteiger partial charge < -0.3 is 10.1 Å². The second kappa shape index (κ2) is 6.22. The molecule has 2 fully saturated rings. The molecule has 0 aromatic carbocycles. The number of ether oxygens (including phenoxy) is 1. The summed E-state index contributed by atoms with van der Waals surface area (Å²) in [7, 11) is 0. The summed E-state index contributed by atoms with van der Waals surface area (Å²) < 4.78 is 6.18. The Labute approximate surface area is 135 Å². The molecule has 0 bridgehead atoms. The Balaban J connectivity index is 1.34. The van der Waals surface area contributed by atoms with E-state index in [1.165, 1.54) is 5.56 Å². The van der Waals surface area contributed by atoms with Crippen LogP contribution >= 0.6 is 0 Å². The number of hydrogen-bond acceptors (Lipinski definition) is 6. The van der Waals surface area contributed by atoms with Crippen LogP contribution in [-0.2, 0) is 11.3 Å². The summed E-state index contributed by atoms with van der Waals surface area (Å²) in [4.78, 5) is 15.0. The number of aromatic nitrogens is 3. The first-order chi connectivity index (χ1) is 11.3. The van der Waals surface area contributed by atoms with Gasteiger partial charge in [0.15, 0.2) is 0 Å². The molecule has 0 saturated carbocycles. The largest absolute Gasteiger partial charge is 0.371 e. The van der Waals surface area contributed by atoms with Gasteiger partial charge in [0.1, 0.15) is 0 Å². The molecular weight excluding hydrogens is 290 g/mol. The van der Waals surface area contributed by atoms with Crippen molar-refractivity contribution in [3.8, 4) is 0 Å². The fourth-order valence-electron chi connectivity index (χ4n) is 3.59. The molecule has 0 unspecified atom stereocenters. The highest BCUT2D eigenvalue weighted by Crippen LogP contribution is 2.36. The molecule has 2 aliphatic rings. The maximum atomic E-state index is 6.18. The molecule has 120 valence electrons. The lowest BCUT2D eigenvalue weighted by Crippen LogP contribution is -2.33. The number of rotatable bonds is 4. The van der Waals surface area contributed by atoms with E-state index in [9.17, 15) is 0 Å². The van der Waals surface area contributed by atoms with Gasteiger partial charge in [-0.25, -0.2) is 9.97 Å². The monoisotopic (exact) mass is 311 g/mol. The summed E-state index contributed by atoms with van der Waals surface area (Å²) in [6, 6.07) is 6.28. The van der Waals surface area contributed by atoms with Gasteiger partial charge in [-0.15, -0.1) is 0 Å². The fourth-order valence-corrected chi connectivity index (χ4v) is 3.59. The zero-order valence-corrected chi connectivity index (χ0v) is 13.1. The summed E-state index contributed by atoms with van der Waals surface area (Å²) in [5, 5.41) is 3.38. The average Bonchev–Trinajstić information content (AvgIpc) is 3.16. The third kappa shape index (κ3) is 3.33. The molecule has 6 nitrogen and oxygen atoms in total. The topological polar surface area (TPSA) is 63.2 Å². The third-order valence-corrected chi connectivity index (χ3v) is 4.66. The second-order valence-electron chi connectivity index (χ2n) is 6.43. The molecule has 0 amide bonds. The van der Waals surface area contributed by atoms with Crippen molar-refractivity contribution in [2.75, 3.05) is 25.0 Å². The van der Waals surface area contributed by atoms with E-state index in [2.05, 4.69) is 37.3 Å². The number of anilines is 1. The van der Waals surface area contributed by atoms with Gasteiger partial charge in [-0.3, -0.25) is 9.88 Å². The molecular formula is C17H21N5O. The predicted octanol–water partition coefficient (Wildman–Crippen LogP) is 1.72. The van der Waals surface area contributed by atoms with Crippen molar-refractivity contribution in [3.63, 3.8) is 0 Å². The highest BCUT2D eigenvalue weighted by molar-refractivity contribution is 5.25. The van der Waals surface area contributed by atoms with Gasteiger partial charge in [0.05, 0.1) is 18.2 Å². The maximum Gasteiger partial charge on any atom is 0.222 e. The van der Waals surface area contributed by atoms with Crippen molar-refractivity contribution in [2.24, 2.45) is 0 Å². The van der Waals surface area contributed by atoms with Crippen molar-refractivity contribution in [1.29, 1.82) is 0 Å². The van der Waals surface area contributed by atoms with Crippen LogP contribution in [0.1, 0.15) is 18.4 Å². The highest BCUT2D eigenvalue weighted by Gasteiger charge is 2.45. The number of pyridine rings is 1. The van der Waals surface area contributed by atoms with Crippen LogP contribution in [0.4, 0.5) is 5.95 Å². The van der Waals surface area contributed by atoms with Gasteiger partial charge >= 0.3 is 0 Å². The zero-order chi connectivity index (χ0) is 15.5. The van der Waals surface area contributed by atoms with Crippen molar-refractivity contribution >= 4 is 5.95 Å². The van der Waals surface area contributed by atoms with E-state index in [4.69, 9.17) is 4.74 Å². The summed E-state index contributed by atoms with van der Waals surface area (Å²) >= 11 is 0. The average molecular weight is 311 g/mol. The minimum Gasteiger partial charge on any atom is -0.371 e. The van der Waals surface area contributed by atoms with Crippen LogP contribution in [0.25, 0.3) is 0 Å². The van der Waals surface area contributed by atoms with Crippen LogP contribution in [0.2, 0.25) is 0 Å². The van der Waals surface area contributed by atoms with Crippen molar-refractivity contribution in [1.82, 2.24) is 19.9 Å². The van der Waals surface area contributed by atoms with E-state index < -0.39 is 0 Å². The molecule has 0 radical (unpaired) electrons. The van der Waals surface area contributed by atoms with Gasteiger partial charge in [-0.05, 0) is 30.2 Å². The van der Waals surface area contributed by atoms with Gasteiger partial charge in [0.2, 0.25) is 5.95 Å². The molecule has 4 heterocycles. The van der Waals surface area contributed by atoms with Gasteiger partial charge in [-0.1, -0.05) is 0 Å². The first-order valence-corrected chi connectivity index (χ1v) is 8.10. The van der Waals surface area contributed by atoms with E-state index in [1.54, 1.807) is 12.4 Å². The Bertz CT molecular complexity index is 578. The summed E-state index contributed by atoms with van der Waals surface area (Å²) in [5.41, 5.74) is 1.29. The van der Waals surface area contributed by atoms with Crippen LogP contribution in [-0.4, -0.2) is 51.2 Å². The second-order valence-corrected chi connectivity index (χ2v) is 6.43. The molecule has 2 atom stereocenters. The number of nitrogens with one attached hydrogen (secondary N) is 1. The first kappa shape index (κ1) is 14.5. The first-order valence-electron chi connectivity index (χ1n) is 8.10. The molecule has 2 saturated heterocycles. The molecule has 6 heteroatoms. The molecule has 2 aromatic rings. The van der Waals surface area contributed by atoms with Gasteiger partial charge in [0.25, 0.3) is 0 Å². The molecule has 1 spiro atoms. The van der Waals surface area contributed by atoms with E-state index in [1.807, 2.05) is 18.5 Å². The fraction of sp³-hybridized carbons (Fsp3) is 0.471. The summed E-state index contributed by atoms with van der Waals surface area (Å²) in [5.74, 6) is 0.685. The van der Waals surface area contributed by atoms with Crippen LogP contribution in [0.3, 0.4) is 0 Å². The quantitative estimate of drug-likeness (QED) is 0.927. The molecule has 23 heavy (non-hydrogen) atoms. The Morgan fingerprint density at radius 3 is 2.87 bits per heavy atom. The van der Waals surface area contributed by atoms with E-state index in [0.717, 1.165) is 39.1 Å². The Kier molecular flexibility index (Phi) is 3.93. The van der Waals surface area contributed by atoms with Crippen molar-refractivity contribution in [3.05, 3.63) is 48.5 Å². The Morgan fingerprint density at radius 1 is 1.22 bits per heavy atom. The summed E-state index contributed by atoms with van der Waals surface area (Å²) in [6.07, 6.45) is 9.32. The molecule has 1 N–H and O–H groups in total. The standard InChI is InChI=1S/C17H21N5O/c1-5-19-16(20-6-1)21-15-10-17(23-12-15)4-9-22(13-17)11-14-2-7-18-8-3-14/h1-3,5-8,15H,4,9-13H2,(H,19,20,21)/t15-,17+/m1/s1. The maximum absolute atomic E-state index is 6.18. The normalized spacial score (nSPS) is 27.6. The zero-order valence-electron chi connectivity index (χ0n) is 13.1. The summed E-state index contributed by atoms with van der Waals surface area (Å²) in [6.45, 7) is 3.76. The lowest BCUT2D eigenvalue weighted by Gasteiger charge is -2.23. The van der Waals surface area contributed by atoms with Crippen molar-refractivity contribution < 1.29 is 4.74 Å². The van der Waals surface area contributed by atoms with Crippen molar-refractivity contribution in [2.45, 2.75) is 31.0 Å². The third-order valence-electron chi connectivity index (χ3n) is 4.66. The molecule has 2 aliphatic heterocycles. The van der Waals surface area contributed by atoms with Crippen LogP contribution in [0, 0.1) is 0 Å². The Morgan fingerprint density at radius 2 is 2.04 bits per heavy atom. The smallest absolute Gasteiger partial charge is 0.222 e. The van der Waals surface area contributed by atoms with E-state index in [-0.39, 0.29) is 5.60 Å². The Hall–Kier alpha value is -2.05. The minimum absolute atomic E-state index is 0.0144. The highest BCUT2D eigenvalue weighted by atomic mass is 16.5. The SMILES string of the molecule is c1cnc(N[C@H]2CO[C@@]3(CCN(Cc4ccncc4)C3)C2)nc1. The molecule has 4 rings (SSSR count). The van der Waals surface area contributed by atoms with Crippen LogP contribution in [0.15, 0.2) is 43.0 Å². The lowest BCUT2D eigenvalue weighted by atomic mass is 9.97. The lowest BCUT2D eigenvalue weighted by molar-refractivity contribution is 0.0120. The number of hydrogen-bond donors (Lipinski definition) is 1. The van der Waals surface area contributed by atoms with Crippen LogP contribution < -0.4 is 5.32 Å². The minimum atomic E-state index is -0.0144. The van der Waals surface area contributed by atoms with E-state index >= 15 is 0 Å². The van der Waals surface area contributed by atoms with E-state index in [0.29, 0.717) is 12.0 Å². The molecule has 0 aliphatic carbocycles. The predicted molar refractivity (Wildman–Crippen MR) is 86.9 cm³/mol. The number of likely N-dealkylation sites (tertiary alicyclic amines) is 1. The number of nitrogens with zero attached hydrogens (tertiary/aromatic N) is 4. The molecule has 2 aromatic heterocycles. The van der Waals surface area contributed by atoms with Gasteiger partial charge in [-0.2, -0.15) is 0 Å². The van der Waals surface area contributed by atoms with Gasteiger partial charge in [0, 0.05) is 50.8 Å². The van der Waals surface area contributed by atoms with Crippen LogP contribution in [0.5, 0.6) is 0 Å².